The first-order chi connectivity index (χ1) is 20.0. The summed E-state index contributed by atoms with van der Waals surface area (Å²) >= 11 is 0. The van der Waals surface area contributed by atoms with Crippen LogP contribution in [0.15, 0.2) is 84.9 Å². The van der Waals surface area contributed by atoms with Crippen LogP contribution in [0.2, 0.25) is 0 Å². The van der Waals surface area contributed by atoms with Crippen molar-refractivity contribution >= 4 is 34.2 Å². The zero-order valence-corrected chi connectivity index (χ0v) is 22.3. The van der Waals surface area contributed by atoms with Crippen molar-refractivity contribution in [3.63, 3.8) is 0 Å². The Bertz CT molecular complexity index is 1730. The lowest BCUT2D eigenvalue weighted by molar-refractivity contribution is 0.0775. The van der Waals surface area contributed by atoms with E-state index in [1.54, 1.807) is 23.1 Å². The molecule has 2 unspecified atom stereocenters. The lowest BCUT2D eigenvalue weighted by Crippen LogP contribution is -2.41. The number of nitrogens with one attached hydrogen (secondary N) is 4. The van der Waals surface area contributed by atoms with Crippen LogP contribution in [0.5, 0.6) is 0 Å². The highest BCUT2D eigenvalue weighted by molar-refractivity contribution is 5.94. The standard InChI is InChI=1S/C31H28N8O2/c1-18-16-39(31(41)26-15-7-13-24(33-26)29-36-21-10-4-5-11-22(21)37-29)17-27(18)38-30(40)25-14-6-12-23(32-25)28-34-19-8-2-3-9-20(19)35-28/h2-15,18,27,29,36-37H,16-17H2,1H3,(H,34,35)(H,38,40). The fourth-order valence-electron chi connectivity index (χ4n) is 5.45. The number of nitrogens with zero attached hydrogens (tertiary/aromatic N) is 4. The molecule has 2 amide bonds. The summed E-state index contributed by atoms with van der Waals surface area (Å²) in [4.78, 5) is 45.5. The fraction of sp³-hybridized carbons (Fsp3) is 0.194. The maximum absolute atomic E-state index is 13.4. The van der Waals surface area contributed by atoms with Crippen molar-refractivity contribution in [1.29, 1.82) is 0 Å². The Morgan fingerprint density at radius 3 is 2.34 bits per heavy atom. The van der Waals surface area contributed by atoms with Gasteiger partial charge in [0, 0.05) is 13.1 Å². The van der Waals surface area contributed by atoms with Crippen LogP contribution in [-0.2, 0) is 0 Å². The number of fused-ring (bicyclic) bond motifs is 2. The van der Waals surface area contributed by atoms with E-state index in [1.165, 1.54) is 0 Å². The Labute approximate surface area is 236 Å². The Morgan fingerprint density at radius 2 is 1.54 bits per heavy atom. The first kappa shape index (κ1) is 24.8. The van der Waals surface area contributed by atoms with E-state index in [2.05, 4.69) is 35.9 Å². The molecule has 7 rings (SSSR count). The van der Waals surface area contributed by atoms with Crippen LogP contribution in [0.3, 0.4) is 0 Å². The third-order valence-corrected chi connectivity index (χ3v) is 7.64. The minimum Gasteiger partial charge on any atom is -0.359 e. The molecule has 10 nitrogen and oxygen atoms in total. The monoisotopic (exact) mass is 544 g/mol. The summed E-state index contributed by atoms with van der Waals surface area (Å²) in [5, 5.41) is 9.89. The first-order valence-corrected chi connectivity index (χ1v) is 13.6. The van der Waals surface area contributed by atoms with Gasteiger partial charge in [0.25, 0.3) is 11.8 Å². The summed E-state index contributed by atoms with van der Waals surface area (Å²) < 4.78 is 0. The third kappa shape index (κ3) is 4.73. The highest BCUT2D eigenvalue weighted by Gasteiger charge is 2.35. The van der Waals surface area contributed by atoms with Crippen molar-refractivity contribution in [3.05, 3.63) is 102 Å². The van der Waals surface area contributed by atoms with E-state index in [4.69, 9.17) is 0 Å². The van der Waals surface area contributed by atoms with Crippen molar-refractivity contribution in [1.82, 2.24) is 30.2 Å². The van der Waals surface area contributed by atoms with E-state index in [9.17, 15) is 9.59 Å². The zero-order valence-electron chi connectivity index (χ0n) is 22.3. The minimum absolute atomic E-state index is 0.0669. The number of amides is 2. The molecule has 5 heterocycles. The van der Waals surface area contributed by atoms with Gasteiger partial charge >= 0.3 is 0 Å². The van der Waals surface area contributed by atoms with E-state index in [0.717, 1.165) is 28.1 Å². The maximum atomic E-state index is 13.4. The topological polar surface area (TPSA) is 128 Å². The molecule has 4 N–H and O–H groups in total. The van der Waals surface area contributed by atoms with E-state index >= 15 is 0 Å². The average molecular weight is 545 g/mol. The van der Waals surface area contributed by atoms with Crippen molar-refractivity contribution in [2.75, 3.05) is 23.7 Å². The number of aromatic amines is 1. The molecule has 204 valence electrons. The predicted molar refractivity (Wildman–Crippen MR) is 156 cm³/mol. The number of benzene rings is 2. The molecule has 1 saturated heterocycles. The number of pyridine rings is 2. The smallest absolute Gasteiger partial charge is 0.272 e. The number of H-pyrrole nitrogens is 1. The summed E-state index contributed by atoms with van der Waals surface area (Å²) in [7, 11) is 0. The minimum atomic E-state index is -0.285. The molecule has 0 bridgehead atoms. The van der Waals surface area contributed by atoms with E-state index in [-0.39, 0.29) is 29.9 Å². The van der Waals surface area contributed by atoms with Gasteiger partial charge in [0.2, 0.25) is 0 Å². The molecule has 2 aliphatic rings. The number of rotatable bonds is 5. The second kappa shape index (κ2) is 10.1. The predicted octanol–water partition coefficient (Wildman–Crippen LogP) is 4.45. The first-order valence-electron chi connectivity index (χ1n) is 13.6. The number of likely N-dealkylation sites (tertiary alicyclic amines) is 1. The lowest BCUT2D eigenvalue weighted by Gasteiger charge is -2.18. The van der Waals surface area contributed by atoms with Gasteiger partial charge in [-0.15, -0.1) is 0 Å². The SMILES string of the molecule is CC1CN(C(=O)c2cccc(C3Nc4ccccc4N3)n2)CC1NC(=O)c1cccc(-c2nc3ccccc3[nH]2)n1. The lowest BCUT2D eigenvalue weighted by atomic mass is 10.1. The van der Waals surface area contributed by atoms with Gasteiger partial charge in [0.05, 0.1) is 34.1 Å². The van der Waals surface area contributed by atoms with Crippen LogP contribution in [0.4, 0.5) is 11.4 Å². The number of hydrogen-bond donors (Lipinski definition) is 4. The highest BCUT2D eigenvalue weighted by Crippen LogP contribution is 2.34. The van der Waals surface area contributed by atoms with Crippen molar-refractivity contribution in [2.24, 2.45) is 5.92 Å². The summed E-state index contributed by atoms with van der Waals surface area (Å²) in [5.74, 6) is 0.230. The molecule has 0 spiro atoms. The maximum Gasteiger partial charge on any atom is 0.272 e. The van der Waals surface area contributed by atoms with E-state index in [0.29, 0.717) is 36.0 Å². The second-order valence-corrected chi connectivity index (χ2v) is 10.5. The molecular weight excluding hydrogens is 516 g/mol. The molecule has 41 heavy (non-hydrogen) atoms. The van der Waals surface area contributed by atoms with Crippen LogP contribution >= 0.6 is 0 Å². The van der Waals surface area contributed by atoms with Gasteiger partial charge in [-0.25, -0.2) is 15.0 Å². The Morgan fingerprint density at radius 1 is 0.805 bits per heavy atom. The van der Waals surface area contributed by atoms with E-state index in [1.807, 2.05) is 73.7 Å². The Hall–Kier alpha value is -5.25. The van der Waals surface area contributed by atoms with Gasteiger partial charge in [-0.1, -0.05) is 43.3 Å². The number of para-hydroxylation sites is 4. The molecule has 1 fully saturated rings. The number of anilines is 2. The summed E-state index contributed by atoms with van der Waals surface area (Å²) in [5.41, 5.74) is 5.74. The molecule has 0 saturated carbocycles. The van der Waals surface area contributed by atoms with Crippen molar-refractivity contribution in [3.8, 4) is 11.5 Å². The molecule has 0 aliphatic carbocycles. The second-order valence-electron chi connectivity index (χ2n) is 10.5. The molecule has 2 atom stereocenters. The fourth-order valence-corrected chi connectivity index (χ4v) is 5.45. The number of hydrogen-bond acceptors (Lipinski definition) is 7. The van der Waals surface area contributed by atoms with Gasteiger partial charge in [-0.05, 0) is 54.4 Å². The molecule has 3 aromatic heterocycles. The van der Waals surface area contributed by atoms with Gasteiger partial charge in [-0.2, -0.15) is 0 Å². The largest absolute Gasteiger partial charge is 0.359 e. The van der Waals surface area contributed by atoms with Crippen LogP contribution in [0, 0.1) is 5.92 Å². The summed E-state index contributed by atoms with van der Waals surface area (Å²) in [6, 6.07) is 26.3. The zero-order chi connectivity index (χ0) is 27.9. The van der Waals surface area contributed by atoms with Crippen molar-refractivity contribution < 1.29 is 9.59 Å². The number of carbonyl (C=O) groups excluding carboxylic acids is 2. The van der Waals surface area contributed by atoms with Gasteiger partial charge in [0.15, 0.2) is 5.82 Å². The molecule has 2 aromatic carbocycles. The summed E-state index contributed by atoms with van der Waals surface area (Å²) in [6.07, 6.45) is -0.215. The highest BCUT2D eigenvalue weighted by atomic mass is 16.2. The van der Waals surface area contributed by atoms with Crippen LogP contribution in [0.25, 0.3) is 22.6 Å². The van der Waals surface area contributed by atoms with Gasteiger partial charge < -0.3 is 25.8 Å². The summed E-state index contributed by atoms with van der Waals surface area (Å²) in [6.45, 7) is 2.95. The van der Waals surface area contributed by atoms with Crippen LogP contribution in [0.1, 0.15) is 39.8 Å². The Kier molecular flexibility index (Phi) is 6.07. The molecule has 10 heteroatoms. The third-order valence-electron chi connectivity index (χ3n) is 7.64. The van der Waals surface area contributed by atoms with Gasteiger partial charge in [0.1, 0.15) is 23.2 Å². The Balaban J connectivity index is 1.02. The molecular formula is C31H28N8O2. The number of carbonyl (C=O) groups is 2. The van der Waals surface area contributed by atoms with Crippen LogP contribution in [-0.4, -0.2) is 55.8 Å². The quantitative estimate of drug-likeness (QED) is 0.257. The van der Waals surface area contributed by atoms with Crippen molar-refractivity contribution in [2.45, 2.75) is 19.1 Å². The number of imidazole rings is 1. The van der Waals surface area contributed by atoms with Crippen LogP contribution < -0.4 is 16.0 Å². The number of aromatic nitrogens is 4. The molecule has 5 aromatic rings. The normalized spacial score (nSPS) is 18.1. The molecule has 0 radical (unpaired) electrons. The average Bonchev–Trinajstić information content (AvgIpc) is 3.73. The molecule has 2 aliphatic heterocycles. The van der Waals surface area contributed by atoms with E-state index < -0.39 is 0 Å². The van der Waals surface area contributed by atoms with Gasteiger partial charge in [-0.3, -0.25) is 9.59 Å².